The number of carbonyl (C=O) groups is 2. The van der Waals surface area contributed by atoms with Crippen molar-refractivity contribution in [3.05, 3.63) is 54.1 Å². The van der Waals surface area contributed by atoms with Gasteiger partial charge in [-0.3, -0.25) is 13.9 Å². The van der Waals surface area contributed by atoms with E-state index in [4.69, 9.17) is 9.47 Å². The average Bonchev–Trinajstić information content (AvgIpc) is 2.78. The maximum atomic E-state index is 13.6. The lowest BCUT2D eigenvalue weighted by Crippen LogP contribution is -2.54. The number of amides is 2. The number of anilines is 1. The second kappa shape index (κ2) is 11.4. The molecule has 0 unspecified atom stereocenters. The van der Waals surface area contributed by atoms with E-state index in [9.17, 15) is 18.0 Å². The highest BCUT2D eigenvalue weighted by atomic mass is 32.2. The summed E-state index contributed by atoms with van der Waals surface area (Å²) < 4.78 is 37.0. The Hall–Kier alpha value is -3.27. The SMILES string of the molecule is COc1cccc(CN(C(=O)CN(c2ccccc2OC)S(C)(=O)=O)[C@@H](C)C(=O)NC(C)(C)C)c1. The first-order chi connectivity index (χ1) is 16.3. The van der Waals surface area contributed by atoms with E-state index in [1.54, 1.807) is 56.5 Å². The number of hydrogen-bond donors (Lipinski definition) is 1. The highest BCUT2D eigenvalue weighted by Gasteiger charge is 2.32. The molecule has 0 saturated carbocycles. The van der Waals surface area contributed by atoms with E-state index in [1.165, 1.54) is 12.0 Å². The summed E-state index contributed by atoms with van der Waals surface area (Å²) >= 11 is 0. The van der Waals surface area contributed by atoms with Crippen LogP contribution in [0.4, 0.5) is 5.69 Å². The number of rotatable bonds is 10. The molecule has 0 spiro atoms. The van der Waals surface area contributed by atoms with Crippen LogP contribution in [0.15, 0.2) is 48.5 Å². The summed E-state index contributed by atoms with van der Waals surface area (Å²) in [5, 5.41) is 2.89. The number of ether oxygens (including phenoxy) is 2. The van der Waals surface area contributed by atoms with Crippen LogP contribution in [0.3, 0.4) is 0 Å². The Morgan fingerprint density at radius 1 is 1.03 bits per heavy atom. The summed E-state index contributed by atoms with van der Waals surface area (Å²) in [6, 6.07) is 12.8. The average molecular weight is 506 g/mol. The molecule has 0 aliphatic rings. The normalized spacial score (nSPS) is 12.4. The summed E-state index contributed by atoms with van der Waals surface area (Å²) in [7, 11) is -0.886. The van der Waals surface area contributed by atoms with E-state index < -0.39 is 34.1 Å². The van der Waals surface area contributed by atoms with Crippen LogP contribution in [0.1, 0.15) is 33.3 Å². The fourth-order valence-corrected chi connectivity index (χ4v) is 4.31. The first kappa shape index (κ1) is 28.0. The Labute approximate surface area is 208 Å². The largest absolute Gasteiger partial charge is 0.497 e. The van der Waals surface area contributed by atoms with Gasteiger partial charge in [0.2, 0.25) is 21.8 Å². The van der Waals surface area contributed by atoms with Gasteiger partial charge in [-0.1, -0.05) is 24.3 Å². The van der Waals surface area contributed by atoms with Gasteiger partial charge in [0.1, 0.15) is 24.1 Å². The predicted molar refractivity (Wildman–Crippen MR) is 136 cm³/mol. The molecule has 9 nitrogen and oxygen atoms in total. The molecule has 1 atom stereocenters. The number of nitrogens with one attached hydrogen (secondary N) is 1. The summed E-state index contributed by atoms with van der Waals surface area (Å²) in [5.74, 6) is 0.0229. The van der Waals surface area contributed by atoms with Crippen molar-refractivity contribution in [1.29, 1.82) is 0 Å². The van der Waals surface area contributed by atoms with Crippen molar-refractivity contribution in [2.45, 2.75) is 45.8 Å². The maximum absolute atomic E-state index is 13.6. The van der Waals surface area contributed by atoms with E-state index in [-0.39, 0.29) is 18.1 Å². The lowest BCUT2D eigenvalue weighted by molar-refractivity contribution is -0.140. The van der Waals surface area contributed by atoms with Gasteiger partial charge < -0.3 is 19.7 Å². The first-order valence-corrected chi connectivity index (χ1v) is 13.0. The molecule has 0 aromatic heterocycles. The predicted octanol–water partition coefficient (Wildman–Crippen LogP) is 2.80. The topological polar surface area (TPSA) is 105 Å². The zero-order chi connectivity index (χ0) is 26.4. The van der Waals surface area contributed by atoms with Gasteiger partial charge in [-0.2, -0.15) is 0 Å². The maximum Gasteiger partial charge on any atom is 0.244 e. The van der Waals surface area contributed by atoms with Gasteiger partial charge in [0.25, 0.3) is 0 Å². The van der Waals surface area contributed by atoms with Gasteiger partial charge in [0.15, 0.2) is 0 Å². The molecule has 2 amide bonds. The van der Waals surface area contributed by atoms with E-state index in [2.05, 4.69) is 5.32 Å². The number of hydrogen-bond acceptors (Lipinski definition) is 6. The molecule has 0 heterocycles. The molecule has 10 heteroatoms. The Morgan fingerprint density at radius 3 is 2.26 bits per heavy atom. The second-order valence-corrected chi connectivity index (χ2v) is 11.1. The minimum atomic E-state index is -3.85. The smallest absolute Gasteiger partial charge is 0.244 e. The molecule has 0 radical (unpaired) electrons. The summed E-state index contributed by atoms with van der Waals surface area (Å²) in [5.41, 5.74) is 0.460. The molecule has 0 fully saturated rings. The lowest BCUT2D eigenvalue weighted by atomic mass is 10.1. The minimum Gasteiger partial charge on any atom is -0.497 e. The van der Waals surface area contributed by atoms with Crippen LogP contribution in [-0.4, -0.2) is 63.7 Å². The highest BCUT2D eigenvalue weighted by Crippen LogP contribution is 2.29. The molecule has 0 aliphatic carbocycles. The number of para-hydroxylation sites is 2. The van der Waals surface area contributed by atoms with Crippen molar-refractivity contribution in [1.82, 2.24) is 10.2 Å². The van der Waals surface area contributed by atoms with E-state index in [0.717, 1.165) is 16.1 Å². The van der Waals surface area contributed by atoms with E-state index in [0.29, 0.717) is 11.5 Å². The Kier molecular flexibility index (Phi) is 9.14. The number of carbonyl (C=O) groups excluding carboxylic acids is 2. The van der Waals surface area contributed by atoms with Crippen LogP contribution >= 0.6 is 0 Å². The summed E-state index contributed by atoms with van der Waals surface area (Å²) in [6.07, 6.45) is 1.02. The molecule has 2 aromatic rings. The molecule has 0 bridgehead atoms. The molecule has 1 N–H and O–H groups in total. The molecule has 0 saturated heterocycles. The Balaban J connectivity index is 2.46. The Bertz CT molecular complexity index is 1140. The van der Waals surface area contributed by atoms with Crippen LogP contribution in [0.25, 0.3) is 0 Å². The quantitative estimate of drug-likeness (QED) is 0.532. The third kappa shape index (κ3) is 7.88. The zero-order valence-electron chi connectivity index (χ0n) is 21.4. The fourth-order valence-electron chi connectivity index (χ4n) is 3.45. The van der Waals surface area contributed by atoms with E-state index in [1.807, 2.05) is 26.8 Å². The minimum absolute atomic E-state index is 0.0816. The van der Waals surface area contributed by atoms with Gasteiger partial charge in [-0.15, -0.1) is 0 Å². The first-order valence-electron chi connectivity index (χ1n) is 11.1. The third-order valence-electron chi connectivity index (χ3n) is 5.19. The summed E-state index contributed by atoms with van der Waals surface area (Å²) in [6.45, 7) is 6.73. The van der Waals surface area contributed by atoms with Crippen molar-refractivity contribution in [2.75, 3.05) is 31.3 Å². The standard InChI is InChI=1S/C25H35N3O6S/c1-18(24(30)26-25(2,3)4)27(16-19-11-10-12-20(15-19)33-5)23(29)17-28(35(7,31)32)21-13-8-9-14-22(21)34-6/h8-15,18H,16-17H2,1-7H3,(H,26,30)/t18-/m0/s1. The molecular weight excluding hydrogens is 470 g/mol. The molecule has 2 aromatic carbocycles. The van der Waals surface area contributed by atoms with Crippen LogP contribution in [-0.2, 0) is 26.2 Å². The Morgan fingerprint density at radius 2 is 1.69 bits per heavy atom. The third-order valence-corrected chi connectivity index (χ3v) is 6.31. The van der Waals surface area contributed by atoms with Gasteiger partial charge >= 0.3 is 0 Å². The van der Waals surface area contributed by atoms with Crippen LogP contribution < -0.4 is 19.1 Å². The molecule has 0 aliphatic heterocycles. The van der Waals surface area contributed by atoms with Gasteiger partial charge in [-0.05, 0) is 57.5 Å². The second-order valence-electron chi connectivity index (χ2n) is 9.23. The van der Waals surface area contributed by atoms with Crippen molar-refractivity contribution in [3.8, 4) is 11.5 Å². The van der Waals surface area contributed by atoms with Gasteiger partial charge in [-0.25, -0.2) is 8.42 Å². The highest BCUT2D eigenvalue weighted by molar-refractivity contribution is 7.92. The lowest BCUT2D eigenvalue weighted by Gasteiger charge is -2.33. The monoisotopic (exact) mass is 505 g/mol. The number of benzene rings is 2. The van der Waals surface area contributed by atoms with Crippen molar-refractivity contribution in [2.24, 2.45) is 0 Å². The van der Waals surface area contributed by atoms with Crippen LogP contribution in [0, 0.1) is 0 Å². The van der Waals surface area contributed by atoms with Crippen molar-refractivity contribution < 1.29 is 27.5 Å². The number of sulfonamides is 1. The van der Waals surface area contributed by atoms with E-state index >= 15 is 0 Å². The van der Waals surface area contributed by atoms with Gasteiger partial charge in [0, 0.05) is 12.1 Å². The van der Waals surface area contributed by atoms with Gasteiger partial charge in [0.05, 0.1) is 26.2 Å². The zero-order valence-corrected chi connectivity index (χ0v) is 22.2. The number of nitrogens with zero attached hydrogens (tertiary/aromatic N) is 2. The van der Waals surface area contributed by atoms with Crippen LogP contribution in [0.5, 0.6) is 11.5 Å². The summed E-state index contributed by atoms with van der Waals surface area (Å²) in [4.78, 5) is 28.0. The molecule has 35 heavy (non-hydrogen) atoms. The molecule has 192 valence electrons. The molecule has 2 rings (SSSR count). The van der Waals surface area contributed by atoms with Crippen molar-refractivity contribution in [3.63, 3.8) is 0 Å². The fraction of sp³-hybridized carbons (Fsp3) is 0.440. The van der Waals surface area contributed by atoms with Crippen LogP contribution in [0.2, 0.25) is 0 Å². The molecular formula is C25H35N3O6S. The van der Waals surface area contributed by atoms with Crippen molar-refractivity contribution >= 4 is 27.5 Å². The number of methoxy groups -OCH3 is 2.